The van der Waals surface area contributed by atoms with Gasteiger partial charge in [-0.25, -0.2) is 9.79 Å². The van der Waals surface area contributed by atoms with E-state index in [1.807, 2.05) is 47.4 Å². The Morgan fingerprint density at radius 3 is 2.54 bits per heavy atom. The summed E-state index contributed by atoms with van der Waals surface area (Å²) < 4.78 is 6.24. The van der Waals surface area contributed by atoms with Gasteiger partial charge in [0.1, 0.15) is 17.3 Å². The Hall–Kier alpha value is -3.80. The van der Waals surface area contributed by atoms with E-state index < -0.39 is 0 Å². The highest BCUT2D eigenvalue weighted by molar-refractivity contribution is 6.04. The minimum atomic E-state index is -0.0674. The molecule has 6 heteroatoms. The first-order valence-electron chi connectivity index (χ1n) is 12.3. The topological polar surface area (TPSA) is 57.2 Å². The van der Waals surface area contributed by atoms with Gasteiger partial charge in [0.2, 0.25) is 0 Å². The number of fused-ring (bicyclic) bond motifs is 2. The fourth-order valence-electron chi connectivity index (χ4n) is 4.68. The molecule has 0 bridgehead atoms. The van der Waals surface area contributed by atoms with Gasteiger partial charge in [-0.15, -0.1) is 0 Å². The quantitative estimate of drug-likeness (QED) is 0.465. The normalized spacial score (nSPS) is 17.2. The van der Waals surface area contributed by atoms with Crippen LogP contribution in [0.1, 0.15) is 43.4 Å². The van der Waals surface area contributed by atoms with Crippen molar-refractivity contribution in [3.8, 4) is 11.5 Å². The van der Waals surface area contributed by atoms with Crippen molar-refractivity contribution in [2.75, 3.05) is 25.0 Å². The van der Waals surface area contributed by atoms with Crippen molar-refractivity contribution in [1.82, 2.24) is 9.80 Å². The average molecular weight is 469 g/mol. The number of piperazine rings is 1. The summed E-state index contributed by atoms with van der Waals surface area (Å²) in [7, 11) is 0. The summed E-state index contributed by atoms with van der Waals surface area (Å²) in [5, 5.41) is 3.07. The Morgan fingerprint density at radius 1 is 1.03 bits per heavy atom. The molecule has 3 aromatic rings. The molecule has 2 heterocycles. The van der Waals surface area contributed by atoms with Crippen molar-refractivity contribution in [2.24, 2.45) is 4.99 Å². The maximum absolute atomic E-state index is 13.1. The standard InChI is InChI=1S/C29H32N4O2/c1-19(2)22-10-12-23(13-11-22)30-29(34)33-16-15-32(18-21(33)4)28-24-17-20(3)9-14-26(24)35-27-8-6-5-7-25(27)31-28/h5-14,17,19,21H,15-16,18H2,1-4H3,(H,30,34). The van der Waals surface area contributed by atoms with Gasteiger partial charge in [-0.1, -0.05) is 49.7 Å². The summed E-state index contributed by atoms with van der Waals surface area (Å²) in [5.74, 6) is 2.91. The van der Waals surface area contributed by atoms with Gasteiger partial charge in [0.25, 0.3) is 0 Å². The molecule has 2 aliphatic rings. The maximum Gasteiger partial charge on any atom is 0.322 e. The molecule has 6 nitrogen and oxygen atoms in total. The Kier molecular flexibility index (Phi) is 6.20. The molecule has 0 aliphatic carbocycles. The molecule has 180 valence electrons. The van der Waals surface area contributed by atoms with Crippen molar-refractivity contribution >= 4 is 23.2 Å². The van der Waals surface area contributed by atoms with Crippen LogP contribution < -0.4 is 10.1 Å². The number of carbonyl (C=O) groups is 1. The van der Waals surface area contributed by atoms with E-state index in [0.29, 0.717) is 25.6 Å². The second kappa shape index (κ2) is 9.45. The van der Waals surface area contributed by atoms with Crippen LogP contribution in [0.5, 0.6) is 11.5 Å². The zero-order valence-electron chi connectivity index (χ0n) is 20.8. The molecule has 0 saturated carbocycles. The number of amides is 2. The van der Waals surface area contributed by atoms with Gasteiger partial charge < -0.3 is 19.9 Å². The van der Waals surface area contributed by atoms with Crippen LogP contribution in [0.15, 0.2) is 71.7 Å². The van der Waals surface area contributed by atoms with E-state index in [1.165, 1.54) is 5.56 Å². The third kappa shape index (κ3) is 4.74. The van der Waals surface area contributed by atoms with E-state index in [2.05, 4.69) is 62.2 Å². The van der Waals surface area contributed by atoms with Crippen LogP contribution in [0.25, 0.3) is 0 Å². The molecule has 35 heavy (non-hydrogen) atoms. The van der Waals surface area contributed by atoms with E-state index in [0.717, 1.165) is 39.8 Å². The van der Waals surface area contributed by atoms with Gasteiger partial charge in [0, 0.05) is 31.4 Å². The summed E-state index contributed by atoms with van der Waals surface area (Å²) in [4.78, 5) is 22.3. The fourth-order valence-corrected chi connectivity index (χ4v) is 4.68. The number of hydrogen-bond donors (Lipinski definition) is 1. The van der Waals surface area contributed by atoms with Gasteiger partial charge in [-0.05, 0) is 61.7 Å². The first kappa shape index (κ1) is 23.0. The van der Waals surface area contributed by atoms with Gasteiger partial charge >= 0.3 is 6.03 Å². The van der Waals surface area contributed by atoms with E-state index in [1.54, 1.807) is 0 Å². The zero-order chi connectivity index (χ0) is 24.5. The summed E-state index contributed by atoms with van der Waals surface area (Å²) in [6.07, 6.45) is 0. The van der Waals surface area contributed by atoms with E-state index in [-0.39, 0.29) is 12.1 Å². The minimum absolute atomic E-state index is 0.0223. The molecule has 2 amide bonds. The van der Waals surface area contributed by atoms with Crippen LogP contribution in [0, 0.1) is 6.92 Å². The zero-order valence-corrected chi connectivity index (χ0v) is 20.8. The van der Waals surface area contributed by atoms with Crippen molar-refractivity contribution in [2.45, 2.75) is 39.7 Å². The Balaban J connectivity index is 1.35. The molecular formula is C29H32N4O2. The third-order valence-corrected chi connectivity index (χ3v) is 6.70. The summed E-state index contributed by atoms with van der Waals surface area (Å²) >= 11 is 0. The highest BCUT2D eigenvalue weighted by Gasteiger charge is 2.31. The van der Waals surface area contributed by atoms with Crippen LogP contribution in [0.3, 0.4) is 0 Å². The predicted octanol–water partition coefficient (Wildman–Crippen LogP) is 6.54. The molecule has 5 rings (SSSR count). The smallest absolute Gasteiger partial charge is 0.322 e. The van der Waals surface area contributed by atoms with Crippen LogP contribution >= 0.6 is 0 Å². The number of urea groups is 1. The lowest BCUT2D eigenvalue weighted by molar-refractivity contribution is 0.145. The van der Waals surface area contributed by atoms with Gasteiger partial charge in [-0.2, -0.15) is 0 Å². The maximum atomic E-state index is 13.1. The van der Waals surface area contributed by atoms with E-state index in [4.69, 9.17) is 9.73 Å². The van der Waals surface area contributed by atoms with Crippen LogP contribution in [0.2, 0.25) is 0 Å². The molecule has 0 spiro atoms. The molecular weight excluding hydrogens is 436 g/mol. The second-order valence-corrected chi connectivity index (χ2v) is 9.70. The molecule has 0 radical (unpaired) electrons. The SMILES string of the molecule is Cc1ccc2c(c1)C(N1CCN(C(=O)Nc3ccc(C(C)C)cc3)C(C)C1)=Nc1ccccc1O2. The van der Waals surface area contributed by atoms with Gasteiger partial charge in [0.15, 0.2) is 5.75 Å². The Morgan fingerprint density at radius 2 is 1.80 bits per heavy atom. The van der Waals surface area contributed by atoms with E-state index in [9.17, 15) is 4.79 Å². The fraction of sp³-hybridized carbons (Fsp3) is 0.310. The molecule has 3 aromatic carbocycles. The number of rotatable bonds is 2. The van der Waals surface area contributed by atoms with Crippen LogP contribution in [-0.2, 0) is 0 Å². The first-order chi connectivity index (χ1) is 16.9. The van der Waals surface area contributed by atoms with Crippen molar-refractivity contribution in [3.05, 3.63) is 83.4 Å². The number of para-hydroxylation sites is 2. The first-order valence-corrected chi connectivity index (χ1v) is 12.3. The number of hydrogen-bond acceptors (Lipinski definition) is 4. The van der Waals surface area contributed by atoms with Crippen molar-refractivity contribution in [3.63, 3.8) is 0 Å². The van der Waals surface area contributed by atoms with Crippen LogP contribution in [-0.4, -0.2) is 47.3 Å². The number of nitrogens with zero attached hydrogens (tertiary/aromatic N) is 3. The Labute approximate surface area is 207 Å². The number of aliphatic imine (C=N–C) groups is 1. The number of amidine groups is 1. The summed E-state index contributed by atoms with van der Waals surface area (Å²) in [6, 6.07) is 22.1. The molecule has 2 aliphatic heterocycles. The monoisotopic (exact) mass is 468 g/mol. The molecule has 1 N–H and O–H groups in total. The van der Waals surface area contributed by atoms with Gasteiger partial charge in [0.05, 0.1) is 5.56 Å². The van der Waals surface area contributed by atoms with E-state index >= 15 is 0 Å². The number of benzene rings is 3. The lowest BCUT2D eigenvalue weighted by Gasteiger charge is -2.41. The Bertz CT molecular complexity index is 1270. The molecule has 1 atom stereocenters. The minimum Gasteiger partial charge on any atom is -0.454 e. The number of aryl methyl sites for hydroxylation is 1. The molecule has 1 unspecified atom stereocenters. The second-order valence-electron chi connectivity index (χ2n) is 9.70. The molecule has 0 aromatic heterocycles. The molecule has 1 fully saturated rings. The predicted molar refractivity (Wildman–Crippen MR) is 141 cm³/mol. The number of nitrogens with one attached hydrogen (secondary N) is 1. The molecule has 1 saturated heterocycles. The third-order valence-electron chi connectivity index (χ3n) is 6.70. The summed E-state index contributed by atoms with van der Waals surface area (Å²) in [5.41, 5.74) is 5.03. The van der Waals surface area contributed by atoms with Gasteiger partial charge in [-0.3, -0.25) is 0 Å². The van der Waals surface area contributed by atoms with Crippen molar-refractivity contribution < 1.29 is 9.53 Å². The number of carbonyl (C=O) groups excluding carboxylic acids is 1. The highest BCUT2D eigenvalue weighted by atomic mass is 16.5. The lowest BCUT2D eigenvalue weighted by atomic mass is 10.0. The highest BCUT2D eigenvalue weighted by Crippen LogP contribution is 2.38. The average Bonchev–Trinajstić information content (AvgIpc) is 3.01. The van der Waals surface area contributed by atoms with Crippen LogP contribution in [0.4, 0.5) is 16.2 Å². The summed E-state index contributed by atoms with van der Waals surface area (Å²) in [6.45, 7) is 10.5. The number of anilines is 1. The largest absolute Gasteiger partial charge is 0.454 e. The number of ether oxygens (including phenoxy) is 1. The van der Waals surface area contributed by atoms with Crippen molar-refractivity contribution in [1.29, 1.82) is 0 Å². The lowest BCUT2D eigenvalue weighted by Crippen LogP contribution is -2.56.